The van der Waals surface area contributed by atoms with E-state index in [-0.39, 0.29) is 16.8 Å². The first-order chi connectivity index (χ1) is 11.6. The van der Waals surface area contributed by atoms with Gasteiger partial charge in [0.05, 0.1) is 4.92 Å². The first-order valence-electron chi connectivity index (χ1n) is 7.18. The van der Waals surface area contributed by atoms with Crippen molar-refractivity contribution in [3.8, 4) is 0 Å². The van der Waals surface area contributed by atoms with Gasteiger partial charge in [-0.2, -0.15) is 4.98 Å². The van der Waals surface area contributed by atoms with Crippen molar-refractivity contribution in [1.82, 2.24) is 9.97 Å². The number of ether oxygens (including phenoxy) is 1. The zero-order valence-corrected chi connectivity index (χ0v) is 14.5. The highest BCUT2D eigenvalue weighted by Gasteiger charge is 2.18. The minimum atomic E-state index is -0.614. The first kappa shape index (κ1) is 18.4. The second-order valence-corrected chi connectivity index (χ2v) is 6.30. The third-order valence-electron chi connectivity index (χ3n) is 2.73. The molecule has 10 heteroatoms. The summed E-state index contributed by atoms with van der Waals surface area (Å²) >= 11 is 5.68. The lowest BCUT2D eigenvalue weighted by Crippen LogP contribution is -2.27. The van der Waals surface area contributed by atoms with Crippen LogP contribution in [0.4, 0.5) is 27.7 Å². The van der Waals surface area contributed by atoms with Gasteiger partial charge in [0, 0.05) is 11.4 Å². The molecule has 1 heterocycles. The summed E-state index contributed by atoms with van der Waals surface area (Å²) in [5.74, 6) is -0.0298. The normalized spacial score (nSPS) is 10.9. The van der Waals surface area contributed by atoms with Crippen molar-refractivity contribution in [2.75, 3.05) is 10.6 Å². The molecule has 1 amide bonds. The maximum absolute atomic E-state index is 11.7. The molecule has 132 valence electrons. The average Bonchev–Trinajstić information content (AvgIpc) is 2.47. The lowest BCUT2D eigenvalue weighted by atomic mass is 10.2. The van der Waals surface area contributed by atoms with Crippen molar-refractivity contribution in [1.29, 1.82) is 0 Å². The Bertz CT molecular complexity index is 789. The standard InChI is InChI=1S/C15H16ClN5O4/c1-15(2,3)25-14(22)19-10-6-4-9(5-7-10)18-12-11(21(23)24)8-17-13(16)20-12/h4-8H,1-3H3,(H,19,22)(H,17,18,20). The number of nitro groups is 1. The van der Waals surface area contributed by atoms with Crippen molar-refractivity contribution in [3.63, 3.8) is 0 Å². The molecule has 25 heavy (non-hydrogen) atoms. The number of hydrogen-bond donors (Lipinski definition) is 2. The van der Waals surface area contributed by atoms with Crippen LogP contribution in [0.1, 0.15) is 20.8 Å². The van der Waals surface area contributed by atoms with Crippen LogP contribution >= 0.6 is 11.6 Å². The first-order valence-corrected chi connectivity index (χ1v) is 7.56. The van der Waals surface area contributed by atoms with E-state index in [1.54, 1.807) is 45.0 Å². The summed E-state index contributed by atoms with van der Waals surface area (Å²) in [5, 5.41) is 16.3. The zero-order valence-electron chi connectivity index (χ0n) is 13.7. The number of benzene rings is 1. The van der Waals surface area contributed by atoms with E-state index in [1.807, 2.05) is 0 Å². The van der Waals surface area contributed by atoms with Gasteiger partial charge < -0.3 is 10.1 Å². The van der Waals surface area contributed by atoms with Crippen LogP contribution in [-0.2, 0) is 4.74 Å². The predicted octanol–water partition coefficient (Wildman–Crippen LogP) is 4.13. The number of nitrogens with zero attached hydrogens (tertiary/aromatic N) is 3. The van der Waals surface area contributed by atoms with Gasteiger partial charge in [0.25, 0.3) is 0 Å². The van der Waals surface area contributed by atoms with Gasteiger partial charge in [0.15, 0.2) is 0 Å². The summed E-state index contributed by atoms with van der Waals surface area (Å²) in [5.41, 5.74) is 0.125. The topological polar surface area (TPSA) is 119 Å². The quantitative estimate of drug-likeness (QED) is 0.474. The number of aromatic nitrogens is 2. The molecule has 0 aliphatic carbocycles. The molecular formula is C15H16ClN5O4. The SMILES string of the molecule is CC(C)(C)OC(=O)Nc1ccc(Nc2nc(Cl)ncc2[N+](=O)[O-])cc1. The van der Waals surface area contributed by atoms with E-state index >= 15 is 0 Å². The average molecular weight is 366 g/mol. The van der Waals surface area contributed by atoms with Crippen LogP contribution in [0.2, 0.25) is 5.28 Å². The van der Waals surface area contributed by atoms with Gasteiger partial charge in [-0.3, -0.25) is 15.4 Å². The van der Waals surface area contributed by atoms with Crippen LogP contribution < -0.4 is 10.6 Å². The Kier molecular flexibility index (Phi) is 5.38. The molecule has 0 radical (unpaired) electrons. The summed E-state index contributed by atoms with van der Waals surface area (Å²) in [7, 11) is 0. The van der Waals surface area contributed by atoms with Gasteiger partial charge >= 0.3 is 11.8 Å². The molecule has 2 aromatic rings. The number of anilines is 3. The fourth-order valence-corrected chi connectivity index (χ4v) is 1.91. The van der Waals surface area contributed by atoms with Crippen LogP contribution in [0.25, 0.3) is 0 Å². The molecule has 1 aromatic carbocycles. The van der Waals surface area contributed by atoms with Crippen molar-refractivity contribution < 1.29 is 14.5 Å². The Morgan fingerprint density at radius 1 is 1.24 bits per heavy atom. The van der Waals surface area contributed by atoms with Crippen molar-refractivity contribution in [2.45, 2.75) is 26.4 Å². The van der Waals surface area contributed by atoms with Gasteiger partial charge in [0.1, 0.15) is 11.8 Å². The molecule has 0 unspecified atom stereocenters. The number of halogens is 1. The number of carbonyl (C=O) groups is 1. The molecule has 9 nitrogen and oxygen atoms in total. The van der Waals surface area contributed by atoms with E-state index in [0.717, 1.165) is 6.20 Å². The molecule has 0 saturated heterocycles. The van der Waals surface area contributed by atoms with Crippen molar-refractivity contribution in [2.24, 2.45) is 0 Å². The molecule has 0 fully saturated rings. The fraction of sp³-hybridized carbons (Fsp3) is 0.267. The van der Waals surface area contributed by atoms with Crippen molar-refractivity contribution >= 4 is 40.6 Å². The van der Waals surface area contributed by atoms with E-state index in [4.69, 9.17) is 16.3 Å². The third kappa shape index (κ3) is 5.57. The highest BCUT2D eigenvalue weighted by molar-refractivity contribution is 6.28. The minimum Gasteiger partial charge on any atom is -0.444 e. The molecular weight excluding hydrogens is 350 g/mol. The Labute approximate surface area is 148 Å². The van der Waals surface area contributed by atoms with Gasteiger partial charge in [0.2, 0.25) is 11.1 Å². The number of hydrogen-bond acceptors (Lipinski definition) is 7. The van der Waals surface area contributed by atoms with Crippen LogP contribution in [-0.4, -0.2) is 26.6 Å². The molecule has 0 bridgehead atoms. The lowest BCUT2D eigenvalue weighted by Gasteiger charge is -2.19. The van der Waals surface area contributed by atoms with Crippen LogP contribution in [0.3, 0.4) is 0 Å². The minimum absolute atomic E-state index is 0.0298. The summed E-state index contributed by atoms with van der Waals surface area (Å²) < 4.78 is 5.15. The number of nitrogens with one attached hydrogen (secondary N) is 2. The number of rotatable bonds is 4. The van der Waals surface area contributed by atoms with E-state index in [2.05, 4.69) is 20.6 Å². The largest absolute Gasteiger partial charge is 0.444 e. The lowest BCUT2D eigenvalue weighted by molar-refractivity contribution is -0.384. The van der Waals surface area contributed by atoms with Crippen LogP contribution in [0.15, 0.2) is 30.5 Å². The molecule has 0 atom stereocenters. The van der Waals surface area contributed by atoms with Gasteiger partial charge in [-0.05, 0) is 56.6 Å². The van der Waals surface area contributed by atoms with Crippen LogP contribution in [0.5, 0.6) is 0 Å². The fourth-order valence-electron chi connectivity index (χ4n) is 1.77. The second-order valence-electron chi connectivity index (χ2n) is 5.96. The Balaban J connectivity index is 2.10. The molecule has 2 N–H and O–H groups in total. The molecule has 2 rings (SSSR count). The van der Waals surface area contributed by atoms with E-state index in [1.165, 1.54) is 0 Å². The zero-order chi connectivity index (χ0) is 18.6. The molecule has 0 aliphatic rings. The summed E-state index contributed by atoms with van der Waals surface area (Å²) in [4.78, 5) is 29.5. The Hall–Kier alpha value is -2.94. The maximum Gasteiger partial charge on any atom is 0.412 e. The second kappa shape index (κ2) is 7.31. The number of amides is 1. The van der Waals surface area contributed by atoms with Gasteiger partial charge in [-0.25, -0.2) is 9.78 Å². The summed E-state index contributed by atoms with van der Waals surface area (Å²) in [6.07, 6.45) is 0.447. The highest BCUT2D eigenvalue weighted by atomic mass is 35.5. The maximum atomic E-state index is 11.7. The Morgan fingerprint density at radius 3 is 2.40 bits per heavy atom. The van der Waals surface area contributed by atoms with Gasteiger partial charge in [-0.1, -0.05) is 0 Å². The number of carbonyl (C=O) groups excluding carboxylic acids is 1. The predicted molar refractivity (Wildman–Crippen MR) is 93.3 cm³/mol. The van der Waals surface area contributed by atoms with Gasteiger partial charge in [-0.15, -0.1) is 0 Å². The van der Waals surface area contributed by atoms with E-state index < -0.39 is 16.6 Å². The van der Waals surface area contributed by atoms with E-state index in [0.29, 0.717) is 11.4 Å². The van der Waals surface area contributed by atoms with E-state index in [9.17, 15) is 14.9 Å². The monoisotopic (exact) mass is 365 g/mol. The Morgan fingerprint density at radius 2 is 1.84 bits per heavy atom. The smallest absolute Gasteiger partial charge is 0.412 e. The summed E-state index contributed by atoms with van der Waals surface area (Å²) in [6.45, 7) is 5.29. The van der Waals surface area contributed by atoms with Crippen LogP contribution in [0, 0.1) is 10.1 Å². The molecule has 1 aromatic heterocycles. The van der Waals surface area contributed by atoms with Crippen molar-refractivity contribution in [3.05, 3.63) is 45.9 Å². The molecule has 0 aliphatic heterocycles. The third-order valence-corrected chi connectivity index (χ3v) is 2.91. The molecule has 0 spiro atoms. The highest BCUT2D eigenvalue weighted by Crippen LogP contribution is 2.26. The molecule has 0 saturated carbocycles. The summed E-state index contributed by atoms with van der Waals surface area (Å²) in [6, 6.07) is 6.46.